The molecule has 0 aromatic rings. The Morgan fingerprint density at radius 3 is 2.86 bits per heavy atom. The van der Waals surface area contributed by atoms with Crippen LogP contribution in [0.25, 0.3) is 0 Å². The quantitative estimate of drug-likeness (QED) is 0.808. The van der Waals surface area contributed by atoms with Gasteiger partial charge in [0.15, 0.2) is 0 Å². The highest BCUT2D eigenvalue weighted by molar-refractivity contribution is 5.74. The van der Waals surface area contributed by atoms with Crippen molar-refractivity contribution >= 4 is 6.03 Å². The molecule has 2 atom stereocenters. The Morgan fingerprint density at radius 2 is 2.05 bits per heavy atom. The van der Waals surface area contributed by atoms with Gasteiger partial charge in [0.1, 0.15) is 0 Å². The molecule has 2 aliphatic heterocycles. The van der Waals surface area contributed by atoms with E-state index in [0.717, 1.165) is 51.9 Å². The van der Waals surface area contributed by atoms with E-state index in [1.54, 1.807) is 0 Å². The first-order valence-corrected chi connectivity index (χ1v) is 8.48. The molecule has 2 saturated heterocycles. The fourth-order valence-electron chi connectivity index (χ4n) is 3.96. The SMILES string of the molecule is CC1CN(C(=O)NC2CCOC3(CCCC3)C2)CCCO1. The van der Waals surface area contributed by atoms with E-state index in [-0.39, 0.29) is 23.8 Å². The van der Waals surface area contributed by atoms with Crippen molar-refractivity contribution in [1.29, 1.82) is 0 Å². The van der Waals surface area contributed by atoms with Crippen LogP contribution in [0.2, 0.25) is 0 Å². The minimum atomic E-state index is 0.0609. The second-order valence-corrected chi connectivity index (χ2v) is 6.86. The first kappa shape index (κ1) is 15.1. The zero-order chi connectivity index (χ0) is 14.7. The number of carbonyl (C=O) groups excluding carboxylic acids is 1. The number of hydrogen-bond acceptors (Lipinski definition) is 3. The molecular formula is C16H28N2O3. The monoisotopic (exact) mass is 296 g/mol. The van der Waals surface area contributed by atoms with Gasteiger partial charge in [0.05, 0.1) is 11.7 Å². The molecule has 120 valence electrons. The molecule has 1 N–H and O–H groups in total. The third-order valence-electron chi connectivity index (χ3n) is 5.07. The normalized spacial score (nSPS) is 32.9. The minimum absolute atomic E-state index is 0.0609. The van der Waals surface area contributed by atoms with Crippen molar-refractivity contribution in [3.63, 3.8) is 0 Å². The Hall–Kier alpha value is -0.810. The van der Waals surface area contributed by atoms with Crippen molar-refractivity contribution in [3.05, 3.63) is 0 Å². The van der Waals surface area contributed by atoms with Gasteiger partial charge < -0.3 is 19.7 Å². The molecule has 1 spiro atoms. The highest BCUT2D eigenvalue weighted by Crippen LogP contribution is 2.39. The Labute approximate surface area is 127 Å². The summed E-state index contributed by atoms with van der Waals surface area (Å²) in [5, 5.41) is 3.24. The molecule has 0 aromatic heterocycles. The maximum absolute atomic E-state index is 12.5. The standard InChI is InChI=1S/C16H28N2O3/c1-13-12-18(8-4-9-20-13)15(19)17-14-5-10-21-16(11-14)6-2-3-7-16/h13-14H,2-12H2,1H3,(H,17,19). The van der Waals surface area contributed by atoms with Gasteiger partial charge in [0, 0.05) is 32.3 Å². The number of rotatable bonds is 1. The van der Waals surface area contributed by atoms with Crippen LogP contribution < -0.4 is 5.32 Å². The third kappa shape index (κ3) is 3.69. The molecule has 2 unspecified atom stereocenters. The van der Waals surface area contributed by atoms with Gasteiger partial charge in [-0.25, -0.2) is 4.79 Å². The molecule has 3 aliphatic rings. The van der Waals surface area contributed by atoms with Crippen LogP contribution >= 0.6 is 0 Å². The van der Waals surface area contributed by atoms with Crippen LogP contribution in [0.1, 0.15) is 51.9 Å². The van der Waals surface area contributed by atoms with Crippen molar-refractivity contribution in [2.24, 2.45) is 0 Å². The van der Waals surface area contributed by atoms with Crippen LogP contribution in [0.5, 0.6) is 0 Å². The summed E-state index contributed by atoms with van der Waals surface area (Å²) in [5.74, 6) is 0. The van der Waals surface area contributed by atoms with Crippen LogP contribution in [0.4, 0.5) is 4.79 Å². The molecule has 5 heteroatoms. The predicted molar refractivity (Wildman–Crippen MR) is 80.3 cm³/mol. The van der Waals surface area contributed by atoms with Crippen LogP contribution in [0.3, 0.4) is 0 Å². The zero-order valence-corrected chi connectivity index (χ0v) is 13.1. The van der Waals surface area contributed by atoms with E-state index < -0.39 is 0 Å². The number of amides is 2. The molecule has 0 aromatic carbocycles. The van der Waals surface area contributed by atoms with Crippen molar-refractivity contribution < 1.29 is 14.3 Å². The van der Waals surface area contributed by atoms with Gasteiger partial charge >= 0.3 is 6.03 Å². The van der Waals surface area contributed by atoms with Crippen LogP contribution in [0.15, 0.2) is 0 Å². The number of nitrogens with zero attached hydrogens (tertiary/aromatic N) is 1. The topological polar surface area (TPSA) is 50.8 Å². The van der Waals surface area contributed by atoms with E-state index in [1.807, 2.05) is 11.8 Å². The highest BCUT2D eigenvalue weighted by Gasteiger charge is 2.40. The molecule has 2 amide bonds. The van der Waals surface area contributed by atoms with Crippen molar-refractivity contribution in [3.8, 4) is 0 Å². The van der Waals surface area contributed by atoms with E-state index >= 15 is 0 Å². The Balaban J connectivity index is 1.54. The van der Waals surface area contributed by atoms with Crippen molar-refractivity contribution in [2.75, 3.05) is 26.3 Å². The van der Waals surface area contributed by atoms with E-state index in [2.05, 4.69) is 5.32 Å². The summed E-state index contributed by atoms with van der Waals surface area (Å²) in [6.07, 6.45) is 7.83. The lowest BCUT2D eigenvalue weighted by Gasteiger charge is -2.39. The fraction of sp³-hybridized carbons (Fsp3) is 0.938. The van der Waals surface area contributed by atoms with Gasteiger partial charge in [-0.05, 0) is 39.0 Å². The Bertz CT molecular complexity index is 369. The molecule has 21 heavy (non-hydrogen) atoms. The van der Waals surface area contributed by atoms with E-state index in [4.69, 9.17) is 9.47 Å². The lowest BCUT2D eigenvalue weighted by Crippen LogP contribution is -2.51. The molecule has 5 nitrogen and oxygen atoms in total. The van der Waals surface area contributed by atoms with Crippen molar-refractivity contribution in [1.82, 2.24) is 10.2 Å². The second kappa shape index (κ2) is 6.53. The molecule has 3 fully saturated rings. The van der Waals surface area contributed by atoms with Gasteiger partial charge in [0.2, 0.25) is 0 Å². The summed E-state index contributed by atoms with van der Waals surface area (Å²) < 4.78 is 11.6. The summed E-state index contributed by atoms with van der Waals surface area (Å²) in [6.45, 7) is 5.06. The van der Waals surface area contributed by atoms with Gasteiger partial charge in [0.25, 0.3) is 0 Å². The summed E-state index contributed by atoms with van der Waals surface area (Å²) in [5.41, 5.74) is 0.0609. The average Bonchev–Trinajstić information content (AvgIpc) is 2.78. The number of hydrogen-bond donors (Lipinski definition) is 1. The highest BCUT2D eigenvalue weighted by atomic mass is 16.5. The minimum Gasteiger partial charge on any atom is -0.377 e. The number of nitrogens with one attached hydrogen (secondary N) is 1. The predicted octanol–water partition coefficient (Wildman–Crippen LogP) is 2.30. The Morgan fingerprint density at radius 1 is 1.24 bits per heavy atom. The van der Waals surface area contributed by atoms with Crippen LogP contribution in [-0.2, 0) is 9.47 Å². The maximum atomic E-state index is 12.5. The Kier molecular flexibility index (Phi) is 4.69. The molecule has 1 aliphatic carbocycles. The van der Waals surface area contributed by atoms with Gasteiger partial charge in [-0.3, -0.25) is 0 Å². The van der Waals surface area contributed by atoms with Crippen LogP contribution in [0, 0.1) is 0 Å². The summed E-state index contributed by atoms with van der Waals surface area (Å²) in [7, 11) is 0. The lowest BCUT2D eigenvalue weighted by molar-refractivity contribution is -0.0824. The second-order valence-electron chi connectivity index (χ2n) is 6.86. The number of urea groups is 1. The molecule has 3 rings (SSSR count). The number of ether oxygens (including phenoxy) is 2. The zero-order valence-electron chi connectivity index (χ0n) is 13.1. The van der Waals surface area contributed by atoms with Gasteiger partial charge in [-0.15, -0.1) is 0 Å². The molecule has 0 bridgehead atoms. The van der Waals surface area contributed by atoms with E-state index in [1.165, 1.54) is 12.8 Å². The van der Waals surface area contributed by atoms with Gasteiger partial charge in [-0.1, -0.05) is 12.8 Å². The van der Waals surface area contributed by atoms with E-state index in [9.17, 15) is 4.79 Å². The lowest BCUT2D eigenvalue weighted by atomic mass is 9.89. The largest absolute Gasteiger partial charge is 0.377 e. The first-order chi connectivity index (χ1) is 10.2. The molecule has 0 radical (unpaired) electrons. The summed E-state index contributed by atoms with van der Waals surface area (Å²) in [6, 6.07) is 0.344. The van der Waals surface area contributed by atoms with Gasteiger partial charge in [-0.2, -0.15) is 0 Å². The smallest absolute Gasteiger partial charge is 0.317 e. The molecule has 1 saturated carbocycles. The summed E-state index contributed by atoms with van der Waals surface area (Å²) >= 11 is 0. The number of carbonyl (C=O) groups is 1. The fourth-order valence-corrected chi connectivity index (χ4v) is 3.96. The van der Waals surface area contributed by atoms with E-state index in [0.29, 0.717) is 6.54 Å². The molecule has 2 heterocycles. The first-order valence-electron chi connectivity index (χ1n) is 8.48. The average molecular weight is 296 g/mol. The molecular weight excluding hydrogens is 268 g/mol. The van der Waals surface area contributed by atoms with Crippen LogP contribution in [-0.4, -0.2) is 55.0 Å². The maximum Gasteiger partial charge on any atom is 0.317 e. The third-order valence-corrected chi connectivity index (χ3v) is 5.07. The summed E-state index contributed by atoms with van der Waals surface area (Å²) in [4.78, 5) is 14.4. The van der Waals surface area contributed by atoms with Crippen molar-refractivity contribution in [2.45, 2.75) is 69.6 Å².